The van der Waals surface area contributed by atoms with Crippen LogP contribution < -0.4 is 14.4 Å². The first-order valence-electron chi connectivity index (χ1n) is 14.1. The maximum absolute atomic E-state index is 14.1. The number of hydrogen-bond acceptors (Lipinski definition) is 5. The lowest BCUT2D eigenvalue weighted by Gasteiger charge is -2.32. The molecule has 4 rings (SSSR count). The monoisotopic (exact) mass is 611 g/mol. The minimum Gasteiger partial charge on any atom is -0.497 e. The Morgan fingerprint density at radius 1 is 0.976 bits per heavy atom. The number of ether oxygens (including phenoxy) is 1. The highest BCUT2D eigenvalue weighted by Gasteiger charge is 2.33. The zero-order valence-corrected chi connectivity index (χ0v) is 26.0. The molecule has 0 bridgehead atoms. The van der Waals surface area contributed by atoms with Crippen molar-refractivity contribution in [1.82, 2.24) is 10.2 Å². The van der Waals surface area contributed by atoms with Gasteiger partial charge >= 0.3 is 0 Å². The number of benzene rings is 3. The Hall–Kier alpha value is -3.56. The van der Waals surface area contributed by atoms with Gasteiger partial charge in [-0.15, -0.1) is 0 Å². The minimum atomic E-state index is -4.17. The Bertz CT molecular complexity index is 1500. The van der Waals surface area contributed by atoms with Crippen LogP contribution in [0, 0.1) is 13.8 Å². The van der Waals surface area contributed by atoms with Crippen LogP contribution in [0.1, 0.15) is 49.3 Å². The van der Waals surface area contributed by atoms with E-state index in [1.807, 2.05) is 32.0 Å². The van der Waals surface area contributed by atoms with Gasteiger partial charge in [0.05, 0.1) is 17.7 Å². The van der Waals surface area contributed by atoms with E-state index in [1.54, 1.807) is 38.3 Å². The lowest BCUT2D eigenvalue weighted by Crippen LogP contribution is -2.52. The molecule has 1 saturated carbocycles. The summed E-state index contributed by atoms with van der Waals surface area (Å²) in [6.07, 6.45) is 3.93. The first kappa shape index (κ1) is 31.4. The van der Waals surface area contributed by atoms with Gasteiger partial charge in [0.1, 0.15) is 18.3 Å². The summed E-state index contributed by atoms with van der Waals surface area (Å²) in [7, 11) is -2.59. The largest absolute Gasteiger partial charge is 0.497 e. The fraction of sp³-hybridized carbons (Fsp3) is 0.375. The van der Waals surface area contributed by atoms with Gasteiger partial charge in [0, 0.05) is 17.6 Å². The Morgan fingerprint density at radius 3 is 2.21 bits per heavy atom. The molecule has 0 aliphatic heterocycles. The topological polar surface area (TPSA) is 96.0 Å². The normalized spacial score (nSPS) is 14.3. The van der Waals surface area contributed by atoms with Crippen LogP contribution in [-0.2, 0) is 26.2 Å². The molecule has 0 aromatic heterocycles. The number of amides is 2. The first-order chi connectivity index (χ1) is 20.0. The standard InChI is InChI=1S/C32H38ClN3O5S/c1-22-9-14-28(19-23(22)2)36(42(39,40)30-17-12-26(33)13-18-30)21-31(37)35(20-25-10-15-29(41-4)16-11-25)24(3)32(38)34-27-7-5-6-8-27/h9-19,24,27H,5-8,20-21H2,1-4H3,(H,34,38). The smallest absolute Gasteiger partial charge is 0.264 e. The third-order valence-electron chi connectivity index (χ3n) is 7.84. The van der Waals surface area contributed by atoms with Gasteiger partial charge in [-0.2, -0.15) is 0 Å². The van der Waals surface area contributed by atoms with E-state index in [1.165, 1.54) is 29.2 Å². The van der Waals surface area contributed by atoms with Crippen molar-refractivity contribution in [2.75, 3.05) is 18.0 Å². The summed E-state index contributed by atoms with van der Waals surface area (Å²) in [6.45, 7) is 5.12. The molecule has 224 valence electrons. The summed E-state index contributed by atoms with van der Waals surface area (Å²) in [5, 5.41) is 3.48. The van der Waals surface area contributed by atoms with Gasteiger partial charge in [-0.3, -0.25) is 13.9 Å². The van der Waals surface area contributed by atoms with Gasteiger partial charge in [-0.05, 0) is 98.8 Å². The highest BCUT2D eigenvalue weighted by Crippen LogP contribution is 2.27. The van der Waals surface area contributed by atoms with Crippen LogP contribution in [0.25, 0.3) is 0 Å². The molecule has 1 N–H and O–H groups in total. The van der Waals surface area contributed by atoms with Crippen molar-refractivity contribution in [1.29, 1.82) is 0 Å². The van der Waals surface area contributed by atoms with Crippen LogP contribution in [0.2, 0.25) is 5.02 Å². The van der Waals surface area contributed by atoms with Gasteiger partial charge in [0.15, 0.2) is 0 Å². The molecule has 3 aromatic carbocycles. The minimum absolute atomic E-state index is 0.00616. The fourth-order valence-electron chi connectivity index (χ4n) is 5.05. The van der Waals surface area contributed by atoms with Gasteiger partial charge in [-0.25, -0.2) is 8.42 Å². The molecule has 10 heteroatoms. The molecule has 0 radical (unpaired) electrons. The number of rotatable bonds is 11. The van der Waals surface area contributed by atoms with Crippen LogP contribution in [0.3, 0.4) is 0 Å². The Kier molecular flexibility index (Phi) is 10.2. The number of halogens is 1. The second-order valence-corrected chi connectivity index (χ2v) is 13.1. The predicted octanol–water partition coefficient (Wildman–Crippen LogP) is 5.64. The number of sulfonamides is 1. The molecule has 8 nitrogen and oxygen atoms in total. The number of anilines is 1. The summed E-state index contributed by atoms with van der Waals surface area (Å²) in [4.78, 5) is 28.9. The average Bonchev–Trinajstić information content (AvgIpc) is 3.49. The maximum Gasteiger partial charge on any atom is 0.264 e. The van der Waals surface area contributed by atoms with Crippen LogP contribution in [0.5, 0.6) is 5.75 Å². The molecule has 3 aromatic rings. The summed E-state index contributed by atoms with van der Waals surface area (Å²) in [5.41, 5.74) is 3.01. The quantitative estimate of drug-likeness (QED) is 0.303. The number of carbonyl (C=O) groups is 2. The summed E-state index contributed by atoms with van der Waals surface area (Å²) in [6, 6.07) is 17.6. The van der Waals surface area contributed by atoms with E-state index in [0.717, 1.165) is 46.7 Å². The van der Waals surface area contributed by atoms with Crippen molar-refractivity contribution >= 4 is 39.1 Å². The van der Waals surface area contributed by atoms with E-state index >= 15 is 0 Å². The third-order valence-corrected chi connectivity index (χ3v) is 9.88. The maximum atomic E-state index is 14.1. The summed E-state index contributed by atoms with van der Waals surface area (Å²) in [5.74, 6) is -0.101. The van der Waals surface area contributed by atoms with E-state index in [9.17, 15) is 18.0 Å². The average molecular weight is 612 g/mol. The predicted molar refractivity (Wildman–Crippen MR) is 165 cm³/mol. The molecule has 1 aliphatic carbocycles. The first-order valence-corrected chi connectivity index (χ1v) is 15.9. The molecule has 0 spiro atoms. The number of aryl methyl sites for hydroxylation is 2. The van der Waals surface area contributed by atoms with Crippen molar-refractivity contribution in [3.63, 3.8) is 0 Å². The third kappa shape index (κ3) is 7.44. The molecule has 1 unspecified atom stereocenters. The second kappa shape index (κ2) is 13.6. The van der Waals surface area contributed by atoms with E-state index in [4.69, 9.17) is 16.3 Å². The van der Waals surface area contributed by atoms with Gasteiger partial charge in [0.2, 0.25) is 11.8 Å². The molecule has 1 aliphatic rings. The zero-order chi connectivity index (χ0) is 30.4. The van der Waals surface area contributed by atoms with Gasteiger partial charge in [0.25, 0.3) is 10.0 Å². The SMILES string of the molecule is COc1ccc(CN(C(=O)CN(c2ccc(C)c(C)c2)S(=O)(=O)c2ccc(Cl)cc2)C(C)C(=O)NC2CCCC2)cc1. The highest BCUT2D eigenvalue weighted by molar-refractivity contribution is 7.92. The molecule has 0 saturated heterocycles. The van der Waals surface area contributed by atoms with E-state index in [0.29, 0.717) is 16.5 Å². The Balaban J connectivity index is 1.70. The Labute approximate surface area is 253 Å². The lowest BCUT2D eigenvalue weighted by molar-refractivity contribution is -0.139. The number of carbonyl (C=O) groups excluding carboxylic acids is 2. The van der Waals surface area contributed by atoms with Gasteiger partial charge < -0.3 is 15.0 Å². The molecule has 42 heavy (non-hydrogen) atoms. The van der Waals surface area contributed by atoms with E-state index in [-0.39, 0.29) is 23.4 Å². The number of nitrogens with one attached hydrogen (secondary N) is 1. The number of methoxy groups -OCH3 is 1. The van der Waals surface area contributed by atoms with Crippen molar-refractivity contribution in [2.24, 2.45) is 0 Å². The Morgan fingerprint density at radius 2 is 1.62 bits per heavy atom. The van der Waals surface area contributed by atoms with Crippen LogP contribution in [-0.4, -0.2) is 50.9 Å². The second-order valence-electron chi connectivity index (χ2n) is 10.8. The molecule has 1 atom stereocenters. The van der Waals surface area contributed by atoms with Crippen LogP contribution >= 0.6 is 11.6 Å². The van der Waals surface area contributed by atoms with Crippen LogP contribution in [0.15, 0.2) is 71.6 Å². The summed E-state index contributed by atoms with van der Waals surface area (Å²) < 4.78 is 34.3. The lowest BCUT2D eigenvalue weighted by atomic mass is 10.1. The highest BCUT2D eigenvalue weighted by atomic mass is 35.5. The van der Waals surface area contributed by atoms with E-state index in [2.05, 4.69) is 5.32 Å². The number of nitrogens with zero attached hydrogens (tertiary/aromatic N) is 2. The van der Waals surface area contributed by atoms with Crippen molar-refractivity contribution < 1.29 is 22.7 Å². The fourth-order valence-corrected chi connectivity index (χ4v) is 6.58. The molecule has 0 heterocycles. The zero-order valence-electron chi connectivity index (χ0n) is 24.5. The van der Waals surface area contributed by atoms with Crippen molar-refractivity contribution in [2.45, 2.75) is 70.0 Å². The molecular formula is C32H38ClN3O5S. The van der Waals surface area contributed by atoms with Crippen molar-refractivity contribution in [3.8, 4) is 5.75 Å². The van der Waals surface area contributed by atoms with Crippen LogP contribution in [0.4, 0.5) is 5.69 Å². The molecular weight excluding hydrogens is 574 g/mol. The van der Waals surface area contributed by atoms with Crippen molar-refractivity contribution in [3.05, 3.63) is 88.4 Å². The molecule has 2 amide bonds. The number of hydrogen-bond donors (Lipinski definition) is 1. The summed E-state index contributed by atoms with van der Waals surface area (Å²) >= 11 is 6.03. The van der Waals surface area contributed by atoms with E-state index < -0.39 is 28.5 Å². The molecule has 1 fully saturated rings. The van der Waals surface area contributed by atoms with Gasteiger partial charge in [-0.1, -0.05) is 42.6 Å².